The second-order valence-corrected chi connectivity index (χ2v) is 9.24. The molecule has 0 spiro atoms. The molecular formula is C20H28F2N6O2. The molecule has 3 atom stereocenters. The average Bonchev–Trinajstić information content (AvgIpc) is 3.24. The number of nitrogens with zero attached hydrogens (tertiary/aromatic N) is 5. The maximum Gasteiger partial charge on any atom is 0.410 e. The summed E-state index contributed by atoms with van der Waals surface area (Å²) in [4.78, 5) is 23.0. The predicted octanol–water partition coefficient (Wildman–Crippen LogP) is 3.54. The highest BCUT2D eigenvalue weighted by Gasteiger charge is 2.40. The van der Waals surface area contributed by atoms with E-state index in [1.165, 1.54) is 10.9 Å². The summed E-state index contributed by atoms with van der Waals surface area (Å²) < 4.78 is 32.2. The lowest BCUT2D eigenvalue weighted by atomic mass is 9.79. The van der Waals surface area contributed by atoms with Crippen molar-refractivity contribution < 1.29 is 18.3 Å². The first-order chi connectivity index (χ1) is 14.2. The van der Waals surface area contributed by atoms with Crippen LogP contribution in [0.1, 0.15) is 40.0 Å². The molecule has 1 N–H and O–H groups in total. The van der Waals surface area contributed by atoms with Crippen LogP contribution >= 0.6 is 0 Å². The summed E-state index contributed by atoms with van der Waals surface area (Å²) >= 11 is 0. The highest BCUT2D eigenvalue weighted by atomic mass is 19.3. The lowest BCUT2D eigenvalue weighted by Gasteiger charge is -2.31. The lowest BCUT2D eigenvalue weighted by Crippen LogP contribution is -2.35. The van der Waals surface area contributed by atoms with E-state index in [0.29, 0.717) is 35.4 Å². The van der Waals surface area contributed by atoms with Gasteiger partial charge in [-0.05, 0) is 51.9 Å². The number of hydrogen-bond acceptors (Lipinski definition) is 6. The summed E-state index contributed by atoms with van der Waals surface area (Å²) in [6.45, 7) is 6.56. The summed E-state index contributed by atoms with van der Waals surface area (Å²) in [5, 5.41) is 7.35. The Hall–Kier alpha value is -2.52. The zero-order valence-corrected chi connectivity index (χ0v) is 17.5. The number of carbonyl (C=O) groups is 1. The third-order valence-electron chi connectivity index (χ3n) is 5.71. The number of rotatable bonds is 4. The first kappa shape index (κ1) is 20.7. The molecule has 1 amide bonds. The van der Waals surface area contributed by atoms with Crippen LogP contribution in [0.4, 0.5) is 19.4 Å². The number of fused-ring (bicyclic) bond motifs is 2. The van der Waals surface area contributed by atoms with E-state index in [2.05, 4.69) is 20.4 Å². The Kier molecular flexibility index (Phi) is 5.50. The minimum absolute atomic E-state index is 0.197. The second-order valence-electron chi connectivity index (χ2n) is 9.24. The van der Waals surface area contributed by atoms with Gasteiger partial charge in [0.15, 0.2) is 5.65 Å². The molecule has 4 rings (SSSR count). The van der Waals surface area contributed by atoms with Crippen LogP contribution < -0.4 is 5.32 Å². The Morgan fingerprint density at radius 2 is 2.03 bits per heavy atom. The molecule has 164 valence electrons. The molecule has 2 aromatic rings. The van der Waals surface area contributed by atoms with Gasteiger partial charge in [-0.1, -0.05) is 0 Å². The normalized spacial score (nSPS) is 24.3. The SMILES string of the molecule is CC(C)(C)OC(=O)N1CC2CCC(Nc3cnc4cnn(CC(F)F)c4n3)CC2C1. The predicted molar refractivity (Wildman–Crippen MR) is 107 cm³/mol. The van der Waals surface area contributed by atoms with Gasteiger partial charge in [0, 0.05) is 19.1 Å². The molecule has 0 radical (unpaired) electrons. The van der Waals surface area contributed by atoms with E-state index in [0.717, 1.165) is 25.8 Å². The van der Waals surface area contributed by atoms with Gasteiger partial charge in [-0.25, -0.2) is 28.2 Å². The molecule has 0 aromatic carbocycles. The molecule has 10 heteroatoms. The smallest absolute Gasteiger partial charge is 0.410 e. The molecule has 8 nitrogen and oxygen atoms in total. The monoisotopic (exact) mass is 422 g/mol. The van der Waals surface area contributed by atoms with E-state index in [-0.39, 0.29) is 12.1 Å². The zero-order chi connectivity index (χ0) is 21.5. The van der Waals surface area contributed by atoms with Gasteiger partial charge in [0.1, 0.15) is 23.5 Å². The minimum atomic E-state index is -2.50. The molecule has 2 aliphatic rings. The van der Waals surface area contributed by atoms with E-state index in [9.17, 15) is 13.6 Å². The van der Waals surface area contributed by atoms with Gasteiger partial charge in [0.25, 0.3) is 6.43 Å². The standard InChI is InChI=1S/C20H28F2N6O2/c1-20(2,3)30-19(29)27-9-12-4-5-14(6-13(12)10-27)25-17-8-23-15-7-24-28(11-16(21)22)18(15)26-17/h7-8,12-14,16H,4-6,9-11H2,1-3H3,(H,25,26). The van der Waals surface area contributed by atoms with Crippen molar-refractivity contribution in [3.63, 3.8) is 0 Å². The van der Waals surface area contributed by atoms with Crippen molar-refractivity contribution in [2.24, 2.45) is 11.8 Å². The molecule has 1 saturated heterocycles. The quantitative estimate of drug-likeness (QED) is 0.811. The number of anilines is 1. The molecular weight excluding hydrogens is 394 g/mol. The third-order valence-corrected chi connectivity index (χ3v) is 5.71. The minimum Gasteiger partial charge on any atom is -0.444 e. The topological polar surface area (TPSA) is 85.2 Å². The van der Waals surface area contributed by atoms with Crippen LogP contribution in [0.5, 0.6) is 0 Å². The average molecular weight is 422 g/mol. The summed E-state index contributed by atoms with van der Waals surface area (Å²) in [6.07, 6.45) is 3.20. The fraction of sp³-hybridized carbons (Fsp3) is 0.700. The van der Waals surface area contributed by atoms with Gasteiger partial charge in [-0.3, -0.25) is 0 Å². The number of ether oxygens (including phenoxy) is 1. The highest BCUT2D eigenvalue weighted by Crippen LogP contribution is 2.37. The molecule has 1 saturated carbocycles. The Labute approximate surface area is 174 Å². The van der Waals surface area contributed by atoms with Crippen LogP contribution in [0.2, 0.25) is 0 Å². The van der Waals surface area contributed by atoms with Gasteiger partial charge >= 0.3 is 6.09 Å². The van der Waals surface area contributed by atoms with Crippen molar-refractivity contribution in [3.05, 3.63) is 12.4 Å². The Bertz CT molecular complexity index is 912. The lowest BCUT2D eigenvalue weighted by molar-refractivity contribution is 0.0284. The molecule has 3 unspecified atom stereocenters. The summed E-state index contributed by atoms with van der Waals surface area (Å²) in [6, 6.07) is 0.197. The number of amides is 1. The van der Waals surface area contributed by atoms with E-state index in [4.69, 9.17) is 4.74 Å². The summed E-state index contributed by atoms with van der Waals surface area (Å²) in [5.74, 6) is 1.45. The first-order valence-electron chi connectivity index (χ1n) is 10.4. The van der Waals surface area contributed by atoms with E-state index >= 15 is 0 Å². The Morgan fingerprint density at radius 3 is 2.77 bits per heavy atom. The van der Waals surface area contributed by atoms with Crippen molar-refractivity contribution in [2.45, 2.75) is 64.6 Å². The maximum absolute atomic E-state index is 12.7. The zero-order valence-electron chi connectivity index (χ0n) is 17.5. The number of nitrogens with one attached hydrogen (secondary N) is 1. The van der Waals surface area contributed by atoms with E-state index < -0.39 is 18.6 Å². The first-order valence-corrected chi connectivity index (χ1v) is 10.4. The number of likely N-dealkylation sites (tertiary alicyclic amines) is 1. The largest absolute Gasteiger partial charge is 0.444 e. The molecule has 1 aliphatic carbocycles. The molecule has 30 heavy (non-hydrogen) atoms. The van der Waals surface area contributed by atoms with Crippen LogP contribution in [0.25, 0.3) is 11.2 Å². The Morgan fingerprint density at radius 1 is 1.27 bits per heavy atom. The van der Waals surface area contributed by atoms with Gasteiger partial charge in [0.05, 0.1) is 12.4 Å². The highest BCUT2D eigenvalue weighted by molar-refractivity contribution is 5.71. The van der Waals surface area contributed by atoms with Crippen molar-refractivity contribution >= 4 is 23.1 Å². The van der Waals surface area contributed by atoms with Gasteiger partial charge in [-0.15, -0.1) is 0 Å². The van der Waals surface area contributed by atoms with Crippen molar-refractivity contribution in [3.8, 4) is 0 Å². The molecule has 2 fully saturated rings. The molecule has 0 bridgehead atoms. The maximum atomic E-state index is 12.7. The van der Waals surface area contributed by atoms with Crippen LogP contribution in [0.3, 0.4) is 0 Å². The number of halogens is 2. The van der Waals surface area contributed by atoms with Gasteiger partial charge in [0.2, 0.25) is 0 Å². The van der Waals surface area contributed by atoms with Gasteiger partial charge < -0.3 is 15.0 Å². The number of carbonyl (C=O) groups excluding carboxylic acids is 1. The number of hydrogen-bond donors (Lipinski definition) is 1. The fourth-order valence-electron chi connectivity index (χ4n) is 4.43. The molecule has 1 aliphatic heterocycles. The fourth-order valence-corrected chi connectivity index (χ4v) is 4.43. The van der Waals surface area contributed by atoms with Crippen LogP contribution in [-0.4, -0.2) is 61.9 Å². The second kappa shape index (κ2) is 7.96. The Balaban J connectivity index is 1.39. The van der Waals surface area contributed by atoms with Crippen molar-refractivity contribution in [2.75, 3.05) is 18.4 Å². The number of aromatic nitrogens is 4. The third kappa shape index (κ3) is 4.62. The molecule has 3 heterocycles. The van der Waals surface area contributed by atoms with Crippen LogP contribution in [0.15, 0.2) is 12.4 Å². The molecule has 2 aromatic heterocycles. The van der Waals surface area contributed by atoms with E-state index in [1.54, 1.807) is 6.20 Å². The van der Waals surface area contributed by atoms with E-state index in [1.807, 2.05) is 25.7 Å². The van der Waals surface area contributed by atoms with Gasteiger partial charge in [-0.2, -0.15) is 5.10 Å². The van der Waals surface area contributed by atoms with Crippen molar-refractivity contribution in [1.29, 1.82) is 0 Å². The number of alkyl halides is 2. The summed E-state index contributed by atoms with van der Waals surface area (Å²) in [7, 11) is 0. The van der Waals surface area contributed by atoms with Crippen molar-refractivity contribution in [1.82, 2.24) is 24.6 Å². The summed E-state index contributed by atoms with van der Waals surface area (Å²) in [5.41, 5.74) is 0.350. The van der Waals surface area contributed by atoms with Crippen LogP contribution in [0, 0.1) is 11.8 Å². The van der Waals surface area contributed by atoms with Crippen LogP contribution in [-0.2, 0) is 11.3 Å².